The number of thioether (sulfide) groups is 1. The van der Waals surface area contributed by atoms with Gasteiger partial charge in [-0.05, 0) is 37.8 Å². The molecule has 2 aromatic heterocycles. The lowest BCUT2D eigenvalue weighted by molar-refractivity contribution is -0.136. The lowest BCUT2D eigenvalue weighted by atomic mass is 9.96. The van der Waals surface area contributed by atoms with Gasteiger partial charge in [-0.3, -0.25) is 9.79 Å². The second kappa shape index (κ2) is 9.88. The summed E-state index contributed by atoms with van der Waals surface area (Å²) in [4.78, 5) is 25.4. The fourth-order valence-corrected chi connectivity index (χ4v) is 6.22. The number of rotatable bonds is 6. The van der Waals surface area contributed by atoms with Gasteiger partial charge >= 0.3 is 0 Å². The van der Waals surface area contributed by atoms with Crippen molar-refractivity contribution in [2.45, 2.75) is 56.5 Å². The third-order valence-corrected chi connectivity index (χ3v) is 7.82. The van der Waals surface area contributed by atoms with Gasteiger partial charge in [-0.15, -0.1) is 11.8 Å². The topological polar surface area (TPSA) is 59.2 Å². The minimum atomic E-state index is -0.406. The van der Waals surface area contributed by atoms with E-state index in [1.165, 1.54) is 12.3 Å². The van der Waals surface area contributed by atoms with Gasteiger partial charge in [0.25, 0.3) is 0 Å². The summed E-state index contributed by atoms with van der Waals surface area (Å²) >= 11 is 1.67. The molecule has 2 unspecified atom stereocenters. The van der Waals surface area contributed by atoms with E-state index in [1.807, 2.05) is 36.2 Å². The fraction of sp³-hybridized carbons (Fsp3) is 0.423. The monoisotopic (exact) mass is 480 g/mol. The second-order valence-electron chi connectivity index (χ2n) is 9.01. The number of benzene rings is 1. The molecule has 0 aliphatic carbocycles. The molecule has 1 fully saturated rings. The summed E-state index contributed by atoms with van der Waals surface area (Å²) in [7, 11) is 1.59. The zero-order valence-corrected chi connectivity index (χ0v) is 20.3. The average Bonchev–Trinajstić information content (AvgIpc) is 3.43. The molecule has 2 aliphatic rings. The Balaban J connectivity index is 1.39. The number of amides is 1. The van der Waals surface area contributed by atoms with E-state index in [1.54, 1.807) is 23.3 Å². The summed E-state index contributed by atoms with van der Waals surface area (Å²) in [5.41, 5.74) is 3.40. The predicted molar refractivity (Wildman–Crippen MR) is 133 cm³/mol. The van der Waals surface area contributed by atoms with E-state index >= 15 is 0 Å². The molecular formula is C26H29FN4O2S. The van der Waals surface area contributed by atoms with Crippen LogP contribution in [0, 0.1) is 5.82 Å². The maximum atomic E-state index is 14.1. The number of fused-ring (bicyclic) bond motifs is 1. The summed E-state index contributed by atoms with van der Waals surface area (Å²) in [5, 5.41) is 0.958. The standard InChI is InChI=1S/C26H29FN4O2S/c1-17-28-23(24(34-17)18-8-4-3-5-9-18)26(32)31-11-7-6-10-22(31)13-21-15-30-14-20(27)12-19(16-33-2)25(30)29-21/h3-5,8-9,12,14-15,22-24H,6-7,10-11,13,16H2,1-2H3/t22-,23?,24?/m0/s1. The second-order valence-corrected chi connectivity index (χ2v) is 10.3. The largest absolute Gasteiger partial charge is 0.380 e. The molecule has 4 heterocycles. The molecule has 0 saturated carbocycles. The number of ether oxygens (including phenoxy) is 1. The number of pyridine rings is 1. The lowest BCUT2D eigenvalue weighted by Crippen LogP contribution is -2.49. The first kappa shape index (κ1) is 23.1. The van der Waals surface area contributed by atoms with Crippen molar-refractivity contribution in [3.8, 4) is 0 Å². The minimum absolute atomic E-state index is 0.00560. The summed E-state index contributed by atoms with van der Waals surface area (Å²) in [6.45, 7) is 3.01. The van der Waals surface area contributed by atoms with Crippen molar-refractivity contribution < 1.29 is 13.9 Å². The number of aliphatic imine (C=N–C) groups is 1. The van der Waals surface area contributed by atoms with E-state index in [0.29, 0.717) is 24.2 Å². The van der Waals surface area contributed by atoms with Crippen LogP contribution in [0.3, 0.4) is 0 Å². The zero-order valence-electron chi connectivity index (χ0n) is 19.5. The molecule has 0 spiro atoms. The van der Waals surface area contributed by atoms with Crippen molar-refractivity contribution in [3.05, 3.63) is 71.4 Å². The molecule has 0 bridgehead atoms. The van der Waals surface area contributed by atoms with Crippen molar-refractivity contribution in [2.24, 2.45) is 4.99 Å². The van der Waals surface area contributed by atoms with Gasteiger partial charge in [0.2, 0.25) is 5.91 Å². The van der Waals surface area contributed by atoms with E-state index in [-0.39, 0.29) is 23.0 Å². The van der Waals surface area contributed by atoms with Crippen LogP contribution in [-0.4, -0.2) is 51.0 Å². The zero-order chi connectivity index (χ0) is 23.7. The Morgan fingerprint density at radius 2 is 2.06 bits per heavy atom. The molecule has 6 nitrogen and oxygen atoms in total. The first-order chi connectivity index (χ1) is 16.5. The number of hydrogen-bond donors (Lipinski definition) is 0. The molecule has 1 aromatic carbocycles. The molecule has 0 N–H and O–H groups in total. The van der Waals surface area contributed by atoms with Gasteiger partial charge in [-0.1, -0.05) is 30.3 Å². The van der Waals surface area contributed by atoms with Crippen LogP contribution in [0.25, 0.3) is 5.65 Å². The first-order valence-electron chi connectivity index (χ1n) is 11.7. The maximum Gasteiger partial charge on any atom is 0.249 e. The first-order valence-corrected chi connectivity index (χ1v) is 12.6. The third-order valence-electron chi connectivity index (χ3n) is 6.59. The van der Waals surface area contributed by atoms with Crippen LogP contribution in [0.1, 0.15) is 48.3 Å². The Morgan fingerprint density at radius 1 is 1.24 bits per heavy atom. The number of nitrogens with zero attached hydrogens (tertiary/aromatic N) is 4. The van der Waals surface area contributed by atoms with Crippen molar-refractivity contribution in [1.82, 2.24) is 14.3 Å². The number of methoxy groups -OCH3 is 1. The van der Waals surface area contributed by atoms with Gasteiger partial charge in [0.1, 0.15) is 17.5 Å². The van der Waals surface area contributed by atoms with Crippen LogP contribution in [0.4, 0.5) is 4.39 Å². The molecule has 3 aromatic rings. The van der Waals surface area contributed by atoms with Crippen LogP contribution in [0.5, 0.6) is 0 Å². The van der Waals surface area contributed by atoms with Crippen LogP contribution in [-0.2, 0) is 22.6 Å². The predicted octanol–water partition coefficient (Wildman–Crippen LogP) is 4.82. The molecule has 1 amide bonds. The van der Waals surface area contributed by atoms with Gasteiger partial charge < -0.3 is 14.0 Å². The number of imidazole rings is 1. The quantitative estimate of drug-likeness (QED) is 0.508. The minimum Gasteiger partial charge on any atom is -0.380 e. The molecule has 1 saturated heterocycles. The Morgan fingerprint density at radius 3 is 2.85 bits per heavy atom. The van der Waals surface area contributed by atoms with E-state index in [4.69, 9.17) is 14.7 Å². The van der Waals surface area contributed by atoms with Crippen molar-refractivity contribution >= 4 is 28.4 Å². The number of carbonyl (C=O) groups excluding carboxylic acids is 1. The van der Waals surface area contributed by atoms with Crippen molar-refractivity contribution in [3.63, 3.8) is 0 Å². The summed E-state index contributed by atoms with van der Waals surface area (Å²) in [6.07, 6.45) is 6.95. The van der Waals surface area contributed by atoms with Crippen LogP contribution < -0.4 is 0 Å². The maximum absolute atomic E-state index is 14.1. The van der Waals surface area contributed by atoms with Crippen LogP contribution in [0.2, 0.25) is 0 Å². The number of carbonyl (C=O) groups is 1. The summed E-state index contributed by atoms with van der Waals surface area (Å²) < 4.78 is 21.0. The number of hydrogen-bond acceptors (Lipinski definition) is 5. The highest BCUT2D eigenvalue weighted by Crippen LogP contribution is 2.41. The molecule has 34 heavy (non-hydrogen) atoms. The number of likely N-dealkylation sites (tertiary alicyclic amines) is 1. The smallest absolute Gasteiger partial charge is 0.249 e. The Kier molecular flexibility index (Phi) is 6.70. The number of halogens is 1. The van der Waals surface area contributed by atoms with Gasteiger partial charge in [-0.2, -0.15) is 0 Å². The van der Waals surface area contributed by atoms with Crippen molar-refractivity contribution in [2.75, 3.05) is 13.7 Å². The lowest BCUT2D eigenvalue weighted by Gasteiger charge is -2.37. The highest BCUT2D eigenvalue weighted by molar-refractivity contribution is 8.14. The van der Waals surface area contributed by atoms with Gasteiger partial charge in [0.15, 0.2) is 0 Å². The number of aromatic nitrogens is 2. The Hall–Kier alpha value is -2.71. The van der Waals surface area contributed by atoms with E-state index in [9.17, 15) is 9.18 Å². The third kappa shape index (κ3) is 4.61. The van der Waals surface area contributed by atoms with Gasteiger partial charge in [-0.25, -0.2) is 9.37 Å². The van der Waals surface area contributed by atoms with Gasteiger partial charge in [0, 0.05) is 44.1 Å². The molecule has 2 aliphatic heterocycles. The fourth-order valence-electron chi connectivity index (χ4n) is 5.08. The molecule has 8 heteroatoms. The van der Waals surface area contributed by atoms with E-state index < -0.39 is 6.04 Å². The van der Waals surface area contributed by atoms with Crippen molar-refractivity contribution in [1.29, 1.82) is 0 Å². The molecule has 178 valence electrons. The van der Waals surface area contributed by atoms with Crippen LogP contribution in [0.15, 0.2) is 53.8 Å². The highest BCUT2D eigenvalue weighted by atomic mass is 32.2. The normalized spacial score (nSPS) is 22.9. The SMILES string of the molecule is COCc1cc(F)cn2cc(C[C@@H]3CCCCN3C(=O)C3N=C(C)SC3c3ccccc3)nc12. The highest BCUT2D eigenvalue weighted by Gasteiger charge is 2.40. The Bertz CT molecular complexity index is 1210. The summed E-state index contributed by atoms with van der Waals surface area (Å²) in [6, 6.07) is 11.3. The Labute approximate surface area is 203 Å². The van der Waals surface area contributed by atoms with E-state index in [0.717, 1.165) is 42.1 Å². The summed E-state index contributed by atoms with van der Waals surface area (Å²) in [5.74, 6) is -0.227. The number of piperidine rings is 1. The molecule has 0 radical (unpaired) electrons. The van der Waals surface area contributed by atoms with Crippen LogP contribution >= 0.6 is 11.8 Å². The molecule has 3 atom stereocenters. The van der Waals surface area contributed by atoms with Gasteiger partial charge in [0.05, 0.1) is 22.6 Å². The van der Waals surface area contributed by atoms with E-state index in [2.05, 4.69) is 12.1 Å². The average molecular weight is 481 g/mol. The molecular weight excluding hydrogens is 451 g/mol. The molecule has 5 rings (SSSR count).